The van der Waals surface area contributed by atoms with Crippen molar-refractivity contribution in [3.05, 3.63) is 29.0 Å². The van der Waals surface area contributed by atoms with Gasteiger partial charge in [0.15, 0.2) is 0 Å². The zero-order valence-corrected chi connectivity index (χ0v) is 13.4. The SMILES string of the molecule is CC(=O)CCC(OC=O)(C(N)=O)n1cnc2cc(Br)ccc21. The summed E-state index contributed by atoms with van der Waals surface area (Å²) in [5.74, 6) is -1.02. The number of fused-ring (bicyclic) bond motifs is 1. The topological polar surface area (TPSA) is 104 Å². The number of carbonyl (C=O) groups excluding carboxylic acids is 3. The number of nitrogens with two attached hydrogens (primary N) is 1. The van der Waals surface area contributed by atoms with Crippen LogP contribution < -0.4 is 5.73 Å². The van der Waals surface area contributed by atoms with Crippen molar-refractivity contribution in [2.24, 2.45) is 5.73 Å². The molecule has 0 bridgehead atoms. The molecule has 8 heteroatoms. The van der Waals surface area contributed by atoms with Crippen LogP contribution in [0.25, 0.3) is 11.0 Å². The van der Waals surface area contributed by atoms with Crippen LogP contribution in [0.15, 0.2) is 29.0 Å². The summed E-state index contributed by atoms with van der Waals surface area (Å²) in [6, 6.07) is 5.23. The van der Waals surface area contributed by atoms with Crippen LogP contribution in [0.3, 0.4) is 0 Å². The van der Waals surface area contributed by atoms with E-state index in [0.29, 0.717) is 11.0 Å². The minimum Gasteiger partial charge on any atom is -0.431 e. The minimum atomic E-state index is -1.78. The van der Waals surface area contributed by atoms with Crippen molar-refractivity contribution in [1.29, 1.82) is 0 Å². The Morgan fingerprint density at radius 2 is 2.23 bits per heavy atom. The molecule has 1 heterocycles. The molecule has 116 valence electrons. The molecule has 0 radical (unpaired) electrons. The first-order valence-electron chi connectivity index (χ1n) is 6.44. The number of aromatic nitrogens is 2. The highest BCUT2D eigenvalue weighted by atomic mass is 79.9. The summed E-state index contributed by atoms with van der Waals surface area (Å²) in [5.41, 5.74) is 4.84. The van der Waals surface area contributed by atoms with E-state index in [2.05, 4.69) is 20.9 Å². The summed E-state index contributed by atoms with van der Waals surface area (Å²) in [7, 11) is 0. The average Bonchev–Trinajstić information content (AvgIpc) is 2.86. The predicted molar refractivity (Wildman–Crippen MR) is 81.7 cm³/mol. The van der Waals surface area contributed by atoms with Crippen LogP contribution in [0, 0.1) is 0 Å². The van der Waals surface area contributed by atoms with E-state index in [1.807, 2.05) is 0 Å². The molecular weight excluding hydrogens is 354 g/mol. The number of ether oxygens (including phenoxy) is 1. The third-order valence-corrected chi connectivity index (χ3v) is 3.84. The first kappa shape index (κ1) is 16.2. The van der Waals surface area contributed by atoms with Gasteiger partial charge in [0.1, 0.15) is 5.78 Å². The van der Waals surface area contributed by atoms with E-state index in [0.717, 1.165) is 4.47 Å². The first-order valence-corrected chi connectivity index (χ1v) is 7.24. The molecule has 2 aromatic rings. The number of hydrogen-bond acceptors (Lipinski definition) is 5. The summed E-state index contributed by atoms with van der Waals surface area (Å²) < 4.78 is 7.23. The Morgan fingerprint density at radius 3 is 2.82 bits per heavy atom. The number of primary amides is 1. The number of amides is 1. The van der Waals surface area contributed by atoms with Crippen molar-refractivity contribution in [2.75, 3.05) is 0 Å². The number of nitrogens with zero attached hydrogens (tertiary/aromatic N) is 2. The molecule has 2 rings (SSSR count). The van der Waals surface area contributed by atoms with E-state index >= 15 is 0 Å². The molecule has 1 atom stereocenters. The maximum Gasteiger partial charge on any atom is 0.295 e. The van der Waals surface area contributed by atoms with Crippen molar-refractivity contribution in [1.82, 2.24) is 9.55 Å². The minimum absolute atomic E-state index is 0.0347. The molecule has 22 heavy (non-hydrogen) atoms. The lowest BCUT2D eigenvalue weighted by atomic mass is 10.0. The molecule has 1 aromatic carbocycles. The van der Waals surface area contributed by atoms with Gasteiger partial charge in [0.2, 0.25) is 0 Å². The zero-order chi connectivity index (χ0) is 16.3. The van der Waals surface area contributed by atoms with Crippen LogP contribution in [0.4, 0.5) is 0 Å². The molecule has 0 aliphatic carbocycles. The van der Waals surface area contributed by atoms with Crippen molar-refractivity contribution < 1.29 is 19.1 Å². The van der Waals surface area contributed by atoms with Crippen molar-refractivity contribution in [3.63, 3.8) is 0 Å². The first-order chi connectivity index (χ1) is 10.4. The summed E-state index contributed by atoms with van der Waals surface area (Å²) in [5, 5.41) is 0. The maximum atomic E-state index is 12.0. The predicted octanol–water partition coefficient (Wildman–Crippen LogP) is 1.48. The Hall–Kier alpha value is -2.22. The molecular formula is C14H14BrN3O4. The number of ketones is 1. The molecule has 0 saturated carbocycles. The van der Waals surface area contributed by atoms with Gasteiger partial charge < -0.3 is 15.3 Å². The fourth-order valence-corrected chi connectivity index (χ4v) is 2.58. The Balaban J connectivity index is 2.61. The maximum absolute atomic E-state index is 12.0. The van der Waals surface area contributed by atoms with Gasteiger partial charge in [0.05, 0.1) is 17.4 Å². The van der Waals surface area contributed by atoms with E-state index in [1.165, 1.54) is 17.8 Å². The second-order valence-corrected chi connectivity index (χ2v) is 5.73. The lowest BCUT2D eigenvalue weighted by Gasteiger charge is -2.30. The number of halogens is 1. The smallest absolute Gasteiger partial charge is 0.295 e. The highest BCUT2D eigenvalue weighted by Gasteiger charge is 2.42. The van der Waals surface area contributed by atoms with Crippen LogP contribution in [0.2, 0.25) is 0 Å². The van der Waals surface area contributed by atoms with Gasteiger partial charge in [-0.2, -0.15) is 0 Å². The standard InChI is InChI=1S/C14H14BrN3O4/c1-9(20)4-5-14(13(16)21,22-8-19)18-7-17-11-6-10(15)2-3-12(11)18/h2-3,6-8H,4-5H2,1H3,(H2,16,21). The molecule has 0 aliphatic rings. The third kappa shape index (κ3) is 2.87. The van der Waals surface area contributed by atoms with Gasteiger partial charge in [-0.3, -0.25) is 14.2 Å². The van der Waals surface area contributed by atoms with E-state index in [4.69, 9.17) is 10.5 Å². The third-order valence-electron chi connectivity index (χ3n) is 3.34. The Labute approximate surface area is 134 Å². The number of rotatable bonds is 7. The normalized spacial score (nSPS) is 13.5. The average molecular weight is 368 g/mol. The lowest BCUT2D eigenvalue weighted by molar-refractivity contribution is -0.170. The quantitative estimate of drug-likeness (QED) is 0.746. The molecule has 0 fully saturated rings. The Morgan fingerprint density at radius 1 is 1.50 bits per heavy atom. The molecule has 7 nitrogen and oxygen atoms in total. The zero-order valence-electron chi connectivity index (χ0n) is 11.8. The largest absolute Gasteiger partial charge is 0.431 e. The second kappa shape index (κ2) is 6.27. The van der Waals surface area contributed by atoms with Crippen LogP contribution in [-0.4, -0.2) is 27.7 Å². The van der Waals surface area contributed by atoms with Crippen molar-refractivity contribution >= 4 is 45.1 Å². The van der Waals surface area contributed by atoms with Gasteiger partial charge in [-0.15, -0.1) is 0 Å². The molecule has 1 aromatic heterocycles. The van der Waals surface area contributed by atoms with Gasteiger partial charge in [-0.05, 0) is 25.1 Å². The van der Waals surface area contributed by atoms with Crippen LogP contribution in [0.1, 0.15) is 19.8 Å². The number of hydrogen-bond donors (Lipinski definition) is 1. The summed E-state index contributed by atoms with van der Waals surface area (Å²) >= 11 is 3.33. The lowest BCUT2D eigenvalue weighted by Crippen LogP contribution is -2.48. The van der Waals surface area contributed by atoms with Crippen LogP contribution in [-0.2, 0) is 24.8 Å². The van der Waals surface area contributed by atoms with Crippen molar-refractivity contribution in [3.8, 4) is 0 Å². The number of benzene rings is 1. The van der Waals surface area contributed by atoms with Gasteiger partial charge in [-0.25, -0.2) is 4.98 Å². The highest BCUT2D eigenvalue weighted by molar-refractivity contribution is 9.10. The number of carbonyl (C=O) groups is 3. The van der Waals surface area contributed by atoms with Crippen molar-refractivity contribution in [2.45, 2.75) is 25.5 Å². The van der Waals surface area contributed by atoms with E-state index in [-0.39, 0.29) is 25.1 Å². The number of Topliss-reactive ketones (excluding diaryl/α,β-unsaturated/α-hetero) is 1. The van der Waals surface area contributed by atoms with E-state index in [1.54, 1.807) is 18.2 Å². The van der Waals surface area contributed by atoms with E-state index < -0.39 is 11.6 Å². The molecule has 0 aliphatic heterocycles. The van der Waals surface area contributed by atoms with E-state index in [9.17, 15) is 14.4 Å². The second-order valence-electron chi connectivity index (χ2n) is 4.81. The van der Waals surface area contributed by atoms with Gasteiger partial charge in [0.25, 0.3) is 18.1 Å². The Bertz CT molecular complexity index is 743. The molecule has 1 unspecified atom stereocenters. The highest BCUT2D eigenvalue weighted by Crippen LogP contribution is 2.29. The van der Waals surface area contributed by atoms with Gasteiger partial charge in [0, 0.05) is 17.3 Å². The van der Waals surface area contributed by atoms with Gasteiger partial charge in [-0.1, -0.05) is 15.9 Å². The summed E-state index contributed by atoms with van der Waals surface area (Å²) in [4.78, 5) is 38.4. The monoisotopic (exact) mass is 367 g/mol. The molecule has 0 saturated heterocycles. The fourth-order valence-electron chi connectivity index (χ4n) is 2.23. The number of imidazole rings is 1. The molecule has 2 N–H and O–H groups in total. The van der Waals surface area contributed by atoms with Crippen LogP contribution >= 0.6 is 15.9 Å². The summed E-state index contributed by atoms with van der Waals surface area (Å²) in [6.07, 6.45) is 1.34. The fraction of sp³-hybridized carbons (Fsp3) is 0.286. The Kier molecular flexibility index (Phi) is 4.60. The summed E-state index contributed by atoms with van der Waals surface area (Å²) in [6.45, 7) is 1.53. The molecule has 1 amide bonds. The molecule has 0 spiro atoms. The van der Waals surface area contributed by atoms with Crippen LogP contribution in [0.5, 0.6) is 0 Å². The van der Waals surface area contributed by atoms with Gasteiger partial charge >= 0.3 is 0 Å².